The molecular formula is C28H39N4O9P. The average molecular weight is 607 g/mol. The van der Waals surface area contributed by atoms with Crippen molar-refractivity contribution in [1.29, 1.82) is 0 Å². The quantitative estimate of drug-likeness (QED) is 0.136. The number of carboxylic acids is 1. The van der Waals surface area contributed by atoms with Crippen LogP contribution in [0.2, 0.25) is 0 Å². The summed E-state index contributed by atoms with van der Waals surface area (Å²) in [6, 6.07) is 13.5. The monoisotopic (exact) mass is 606 g/mol. The van der Waals surface area contributed by atoms with Crippen LogP contribution in [0, 0.1) is 5.92 Å². The van der Waals surface area contributed by atoms with Gasteiger partial charge in [-0.2, -0.15) is 0 Å². The number of ether oxygens (including phenoxy) is 1. The predicted octanol–water partition coefficient (Wildman–Crippen LogP) is 1.75. The van der Waals surface area contributed by atoms with Gasteiger partial charge in [0.15, 0.2) is 6.61 Å². The largest absolute Gasteiger partial charge is 0.484 e. The van der Waals surface area contributed by atoms with Crippen LogP contribution in [0.25, 0.3) is 0 Å². The lowest BCUT2D eigenvalue weighted by molar-refractivity contribution is -0.138. The number of rotatable bonds is 18. The SMILES string of the molecule is CCOP(=O)(O)N[C@H](C(=O)NC(Cc1ccc(OCC(=O)NCc2ccccc2)cc1)C(=O)NCC(=O)O)[C@@H](C)CC. The molecule has 2 aromatic rings. The van der Waals surface area contributed by atoms with Gasteiger partial charge in [-0.1, -0.05) is 62.7 Å². The molecule has 0 radical (unpaired) electrons. The first-order valence-corrected chi connectivity index (χ1v) is 15.1. The van der Waals surface area contributed by atoms with Crippen LogP contribution >= 0.6 is 7.75 Å². The fraction of sp³-hybridized carbons (Fsp3) is 0.429. The van der Waals surface area contributed by atoms with Gasteiger partial charge in [-0.05, 0) is 36.1 Å². The van der Waals surface area contributed by atoms with Gasteiger partial charge in [0.1, 0.15) is 18.3 Å². The first-order valence-electron chi connectivity index (χ1n) is 13.5. The molecule has 42 heavy (non-hydrogen) atoms. The summed E-state index contributed by atoms with van der Waals surface area (Å²) in [6.45, 7) is 4.47. The molecule has 0 aliphatic heterocycles. The number of nitrogens with one attached hydrogen (secondary N) is 4. The number of carbonyl (C=O) groups excluding carboxylic acids is 3. The molecule has 2 aromatic carbocycles. The van der Waals surface area contributed by atoms with Crippen molar-refractivity contribution in [2.24, 2.45) is 5.92 Å². The molecule has 0 aliphatic rings. The van der Waals surface area contributed by atoms with E-state index >= 15 is 0 Å². The first kappa shape index (κ1) is 34.4. The lowest BCUT2D eigenvalue weighted by Crippen LogP contribution is -2.55. The highest BCUT2D eigenvalue weighted by Gasteiger charge is 2.34. The third-order valence-electron chi connectivity index (χ3n) is 6.21. The third-order valence-corrected chi connectivity index (χ3v) is 7.43. The van der Waals surface area contributed by atoms with Crippen LogP contribution < -0.4 is 25.8 Å². The van der Waals surface area contributed by atoms with Crippen molar-refractivity contribution >= 4 is 31.4 Å². The number of carboxylic acid groups (broad SMARTS) is 1. The summed E-state index contributed by atoms with van der Waals surface area (Å²) in [4.78, 5) is 59.2. The molecule has 4 atom stereocenters. The Balaban J connectivity index is 2.07. The van der Waals surface area contributed by atoms with Crippen LogP contribution in [-0.4, -0.2) is 65.5 Å². The highest BCUT2D eigenvalue weighted by molar-refractivity contribution is 7.50. The average Bonchev–Trinajstić information content (AvgIpc) is 2.96. The number of carbonyl (C=O) groups is 4. The molecule has 13 nitrogen and oxygen atoms in total. The summed E-state index contributed by atoms with van der Waals surface area (Å²) in [5.41, 5.74) is 1.55. The summed E-state index contributed by atoms with van der Waals surface area (Å²) in [5.74, 6) is -3.05. The molecule has 0 fully saturated rings. The van der Waals surface area contributed by atoms with Gasteiger partial charge >= 0.3 is 13.7 Å². The molecule has 230 valence electrons. The maximum absolute atomic E-state index is 13.2. The van der Waals surface area contributed by atoms with E-state index in [1.165, 1.54) is 6.92 Å². The van der Waals surface area contributed by atoms with Crippen molar-refractivity contribution in [3.05, 3.63) is 65.7 Å². The Morgan fingerprint density at radius 3 is 2.19 bits per heavy atom. The topological polar surface area (TPSA) is 192 Å². The van der Waals surface area contributed by atoms with Crippen LogP contribution in [0.1, 0.15) is 38.3 Å². The minimum Gasteiger partial charge on any atom is -0.484 e. The van der Waals surface area contributed by atoms with Crippen LogP contribution in [0.15, 0.2) is 54.6 Å². The zero-order valence-electron chi connectivity index (χ0n) is 23.9. The van der Waals surface area contributed by atoms with Crippen molar-refractivity contribution in [3.8, 4) is 5.75 Å². The van der Waals surface area contributed by atoms with E-state index < -0.39 is 50.1 Å². The van der Waals surface area contributed by atoms with E-state index in [4.69, 9.17) is 14.4 Å². The van der Waals surface area contributed by atoms with Crippen LogP contribution in [0.4, 0.5) is 0 Å². The lowest BCUT2D eigenvalue weighted by atomic mass is 9.98. The van der Waals surface area contributed by atoms with Crippen LogP contribution in [0.5, 0.6) is 5.75 Å². The van der Waals surface area contributed by atoms with Gasteiger partial charge in [0, 0.05) is 13.0 Å². The van der Waals surface area contributed by atoms with Gasteiger partial charge in [0.05, 0.1) is 12.6 Å². The van der Waals surface area contributed by atoms with Crippen molar-refractivity contribution in [2.45, 2.75) is 52.2 Å². The molecule has 0 saturated carbocycles. The molecule has 0 heterocycles. The number of hydrogen-bond donors (Lipinski definition) is 6. The Morgan fingerprint density at radius 1 is 0.929 bits per heavy atom. The molecule has 0 saturated heterocycles. The molecule has 0 spiro atoms. The highest BCUT2D eigenvalue weighted by atomic mass is 31.2. The van der Waals surface area contributed by atoms with E-state index in [2.05, 4.69) is 21.0 Å². The maximum Gasteiger partial charge on any atom is 0.403 e. The van der Waals surface area contributed by atoms with Crippen molar-refractivity contribution < 1.29 is 43.0 Å². The predicted molar refractivity (Wildman–Crippen MR) is 154 cm³/mol. The number of aliphatic carboxylic acids is 1. The molecular weight excluding hydrogens is 567 g/mol. The molecule has 14 heteroatoms. The molecule has 0 bridgehead atoms. The van der Waals surface area contributed by atoms with Crippen molar-refractivity contribution in [3.63, 3.8) is 0 Å². The van der Waals surface area contributed by atoms with E-state index in [-0.39, 0.29) is 25.5 Å². The van der Waals surface area contributed by atoms with E-state index in [1.807, 2.05) is 30.3 Å². The normalized spacial score (nSPS) is 14.5. The fourth-order valence-corrected chi connectivity index (χ4v) is 4.93. The molecule has 3 amide bonds. The molecule has 6 N–H and O–H groups in total. The Bertz CT molecular complexity index is 1230. The van der Waals surface area contributed by atoms with Crippen LogP contribution in [-0.2, 0) is 41.2 Å². The van der Waals surface area contributed by atoms with Gasteiger partial charge in [0.2, 0.25) is 11.8 Å². The van der Waals surface area contributed by atoms with E-state index in [0.29, 0.717) is 24.3 Å². The summed E-state index contributed by atoms with van der Waals surface area (Å²) in [6.07, 6.45) is 0.448. The second kappa shape index (κ2) is 17.2. The van der Waals surface area contributed by atoms with Gasteiger partial charge in [-0.25, -0.2) is 9.65 Å². The van der Waals surface area contributed by atoms with Crippen LogP contribution in [0.3, 0.4) is 0 Å². The Morgan fingerprint density at radius 2 is 1.60 bits per heavy atom. The van der Waals surface area contributed by atoms with E-state index in [9.17, 15) is 28.6 Å². The summed E-state index contributed by atoms with van der Waals surface area (Å²) in [5, 5.41) is 18.9. The molecule has 2 unspecified atom stereocenters. The minimum atomic E-state index is -4.30. The zero-order valence-corrected chi connectivity index (χ0v) is 24.8. The van der Waals surface area contributed by atoms with E-state index in [0.717, 1.165) is 5.56 Å². The molecule has 0 aromatic heterocycles. The molecule has 2 rings (SSSR count). The lowest BCUT2D eigenvalue weighted by Gasteiger charge is -2.27. The smallest absolute Gasteiger partial charge is 0.403 e. The van der Waals surface area contributed by atoms with Gasteiger partial charge in [0.25, 0.3) is 5.91 Å². The zero-order chi connectivity index (χ0) is 31.1. The fourth-order valence-electron chi connectivity index (χ4n) is 3.78. The highest BCUT2D eigenvalue weighted by Crippen LogP contribution is 2.38. The minimum absolute atomic E-state index is 0.0233. The number of amides is 3. The Hall–Kier alpha value is -3.77. The van der Waals surface area contributed by atoms with E-state index in [1.54, 1.807) is 38.1 Å². The standard InChI is InChI=1S/C28H39N4O9P/c1-4-19(3)26(32-42(38,39)41-5-2)28(37)31-23(27(36)30-17-25(34)35)15-20-11-13-22(14-12-20)40-18-24(33)29-16-21-9-7-6-8-10-21/h6-14,19,23,26H,4-5,15-18H2,1-3H3,(H,29,33)(H,30,36)(H,31,37)(H,34,35)(H2,32,38,39)/t19-,23?,26-/m0/s1. The summed E-state index contributed by atoms with van der Waals surface area (Å²) < 4.78 is 22.7. The molecule has 0 aliphatic carbocycles. The summed E-state index contributed by atoms with van der Waals surface area (Å²) in [7, 11) is -4.30. The Labute approximate surface area is 245 Å². The van der Waals surface area contributed by atoms with Gasteiger partial charge < -0.3 is 30.7 Å². The number of hydrogen-bond acceptors (Lipinski definition) is 7. The first-order chi connectivity index (χ1) is 19.9. The summed E-state index contributed by atoms with van der Waals surface area (Å²) >= 11 is 0. The maximum atomic E-state index is 13.2. The number of benzene rings is 2. The van der Waals surface area contributed by atoms with Crippen molar-refractivity contribution in [1.82, 2.24) is 21.0 Å². The second-order valence-corrected chi connectivity index (χ2v) is 11.1. The van der Waals surface area contributed by atoms with Gasteiger partial charge in [-0.3, -0.25) is 23.7 Å². The van der Waals surface area contributed by atoms with Gasteiger partial charge in [-0.15, -0.1) is 0 Å². The Kier molecular flexibility index (Phi) is 14.1. The second-order valence-electron chi connectivity index (χ2n) is 9.50. The third kappa shape index (κ3) is 12.4. The van der Waals surface area contributed by atoms with Crippen molar-refractivity contribution in [2.75, 3.05) is 19.8 Å².